The Hall–Kier alpha value is -1.06. The predicted octanol–water partition coefficient (Wildman–Crippen LogP) is 2.54. The number of ether oxygens (including phenoxy) is 1. The van der Waals surface area contributed by atoms with Crippen LogP contribution in [-0.4, -0.2) is 41.3 Å². The van der Waals surface area contributed by atoms with Crippen molar-refractivity contribution in [2.24, 2.45) is 0 Å². The van der Waals surface area contributed by atoms with Crippen molar-refractivity contribution in [2.45, 2.75) is 56.6 Å². The SMILES string of the molecule is OC1(CCc2ccc3c(c2)CCO3)CCN2CCCCC21. The third-order valence-corrected chi connectivity index (χ3v) is 5.67. The van der Waals surface area contributed by atoms with Gasteiger partial charge in [-0.05, 0) is 55.8 Å². The minimum Gasteiger partial charge on any atom is -0.493 e. The highest BCUT2D eigenvalue weighted by molar-refractivity contribution is 5.39. The highest BCUT2D eigenvalue weighted by Crippen LogP contribution is 2.38. The maximum atomic E-state index is 11.1. The number of nitrogens with zero attached hydrogens (tertiary/aromatic N) is 1. The average molecular weight is 287 g/mol. The number of aryl methyl sites for hydroxylation is 1. The summed E-state index contributed by atoms with van der Waals surface area (Å²) in [5.41, 5.74) is 2.22. The monoisotopic (exact) mass is 287 g/mol. The largest absolute Gasteiger partial charge is 0.493 e. The van der Waals surface area contributed by atoms with Crippen LogP contribution in [0.5, 0.6) is 5.75 Å². The normalized spacial score (nSPS) is 31.8. The quantitative estimate of drug-likeness (QED) is 0.927. The molecule has 0 amide bonds. The number of hydrogen-bond donors (Lipinski definition) is 1. The maximum absolute atomic E-state index is 11.1. The van der Waals surface area contributed by atoms with E-state index < -0.39 is 5.60 Å². The van der Waals surface area contributed by atoms with Gasteiger partial charge in [-0.15, -0.1) is 0 Å². The zero-order valence-corrected chi connectivity index (χ0v) is 12.7. The Balaban J connectivity index is 1.44. The third kappa shape index (κ3) is 2.47. The summed E-state index contributed by atoms with van der Waals surface area (Å²) in [7, 11) is 0. The van der Waals surface area contributed by atoms with Crippen LogP contribution in [0, 0.1) is 0 Å². The summed E-state index contributed by atoms with van der Waals surface area (Å²) in [6, 6.07) is 6.95. The van der Waals surface area contributed by atoms with Crippen molar-refractivity contribution >= 4 is 0 Å². The number of fused-ring (bicyclic) bond motifs is 2. The van der Waals surface area contributed by atoms with Crippen LogP contribution in [0.15, 0.2) is 18.2 Å². The van der Waals surface area contributed by atoms with Gasteiger partial charge in [-0.25, -0.2) is 0 Å². The minimum absolute atomic E-state index is 0.406. The summed E-state index contributed by atoms with van der Waals surface area (Å²) in [4.78, 5) is 2.51. The Morgan fingerprint density at radius 1 is 1.29 bits per heavy atom. The van der Waals surface area contributed by atoms with E-state index in [-0.39, 0.29) is 0 Å². The van der Waals surface area contributed by atoms with Crippen LogP contribution in [0.1, 0.15) is 43.2 Å². The molecule has 0 spiro atoms. The number of rotatable bonds is 3. The summed E-state index contributed by atoms with van der Waals surface area (Å²) in [5, 5.41) is 11.1. The van der Waals surface area contributed by atoms with E-state index in [0.717, 1.165) is 44.6 Å². The van der Waals surface area contributed by atoms with Crippen LogP contribution < -0.4 is 4.74 Å². The predicted molar refractivity (Wildman–Crippen MR) is 82.7 cm³/mol. The second kappa shape index (κ2) is 5.29. The van der Waals surface area contributed by atoms with Crippen molar-refractivity contribution in [3.63, 3.8) is 0 Å². The van der Waals surface area contributed by atoms with E-state index in [1.807, 2.05) is 0 Å². The first-order valence-electron chi connectivity index (χ1n) is 8.46. The molecule has 2 saturated heterocycles. The summed E-state index contributed by atoms with van der Waals surface area (Å²) in [6.45, 7) is 3.09. The zero-order chi connectivity index (χ0) is 14.3. The summed E-state index contributed by atoms with van der Waals surface area (Å²) >= 11 is 0. The molecular formula is C18H25NO2. The van der Waals surface area contributed by atoms with Crippen molar-refractivity contribution in [3.8, 4) is 5.75 Å². The second-order valence-electron chi connectivity index (χ2n) is 6.94. The molecule has 3 nitrogen and oxygen atoms in total. The van der Waals surface area contributed by atoms with Gasteiger partial charge in [0.1, 0.15) is 5.75 Å². The Labute approximate surface area is 126 Å². The lowest BCUT2D eigenvalue weighted by atomic mass is 9.84. The molecule has 0 saturated carbocycles. The van der Waals surface area contributed by atoms with Gasteiger partial charge in [0.05, 0.1) is 12.2 Å². The van der Waals surface area contributed by atoms with Gasteiger partial charge in [0.25, 0.3) is 0 Å². The average Bonchev–Trinajstić information content (AvgIpc) is 3.11. The van der Waals surface area contributed by atoms with Crippen LogP contribution in [0.2, 0.25) is 0 Å². The van der Waals surface area contributed by atoms with E-state index in [9.17, 15) is 5.11 Å². The smallest absolute Gasteiger partial charge is 0.122 e. The second-order valence-corrected chi connectivity index (χ2v) is 6.94. The first-order valence-corrected chi connectivity index (χ1v) is 8.46. The van der Waals surface area contributed by atoms with E-state index in [2.05, 4.69) is 23.1 Å². The molecule has 3 heterocycles. The maximum Gasteiger partial charge on any atom is 0.122 e. The van der Waals surface area contributed by atoms with Gasteiger partial charge >= 0.3 is 0 Å². The number of hydrogen-bond acceptors (Lipinski definition) is 3. The molecule has 1 N–H and O–H groups in total. The Morgan fingerprint density at radius 2 is 2.24 bits per heavy atom. The highest BCUT2D eigenvalue weighted by Gasteiger charge is 2.45. The number of piperidine rings is 1. The standard InChI is InChI=1S/C18H25NO2/c20-18(9-11-19-10-2-1-3-17(18)19)8-6-14-4-5-16-15(13-14)7-12-21-16/h4-5,13,17,20H,1-3,6-12H2. The summed E-state index contributed by atoms with van der Waals surface area (Å²) in [5.74, 6) is 1.05. The molecule has 0 bridgehead atoms. The van der Waals surface area contributed by atoms with Gasteiger partial charge in [0.15, 0.2) is 0 Å². The van der Waals surface area contributed by atoms with Crippen molar-refractivity contribution in [1.29, 1.82) is 0 Å². The van der Waals surface area contributed by atoms with Crippen molar-refractivity contribution in [3.05, 3.63) is 29.3 Å². The number of benzene rings is 1. The molecule has 3 aliphatic rings. The van der Waals surface area contributed by atoms with Gasteiger partial charge < -0.3 is 9.84 Å². The van der Waals surface area contributed by atoms with Crippen molar-refractivity contribution < 1.29 is 9.84 Å². The fourth-order valence-electron chi connectivity index (χ4n) is 4.42. The van der Waals surface area contributed by atoms with Crippen LogP contribution in [-0.2, 0) is 12.8 Å². The first kappa shape index (κ1) is 13.6. The van der Waals surface area contributed by atoms with Crippen LogP contribution in [0.4, 0.5) is 0 Å². The molecule has 2 atom stereocenters. The van der Waals surface area contributed by atoms with Crippen molar-refractivity contribution in [1.82, 2.24) is 4.90 Å². The van der Waals surface area contributed by atoms with E-state index in [4.69, 9.17) is 4.74 Å². The fourth-order valence-corrected chi connectivity index (χ4v) is 4.42. The topological polar surface area (TPSA) is 32.7 Å². The van der Waals surface area contributed by atoms with E-state index >= 15 is 0 Å². The molecule has 4 rings (SSSR count). The molecule has 21 heavy (non-hydrogen) atoms. The van der Waals surface area contributed by atoms with Crippen LogP contribution in [0.25, 0.3) is 0 Å². The van der Waals surface area contributed by atoms with E-state index in [0.29, 0.717) is 6.04 Å². The summed E-state index contributed by atoms with van der Waals surface area (Å²) < 4.78 is 5.57. The zero-order valence-electron chi connectivity index (χ0n) is 12.7. The summed E-state index contributed by atoms with van der Waals surface area (Å²) in [6.07, 6.45) is 7.61. The van der Waals surface area contributed by atoms with Gasteiger partial charge in [-0.2, -0.15) is 0 Å². The molecule has 114 valence electrons. The van der Waals surface area contributed by atoms with Crippen LogP contribution in [0.3, 0.4) is 0 Å². The molecule has 3 heteroatoms. The molecule has 1 aromatic carbocycles. The van der Waals surface area contributed by atoms with Crippen LogP contribution >= 0.6 is 0 Å². The minimum atomic E-state index is -0.462. The van der Waals surface area contributed by atoms with E-state index in [1.54, 1.807) is 0 Å². The number of aliphatic hydroxyl groups is 1. The molecule has 2 unspecified atom stereocenters. The lowest BCUT2D eigenvalue weighted by Crippen LogP contribution is -2.47. The Kier molecular flexibility index (Phi) is 3.43. The third-order valence-electron chi connectivity index (χ3n) is 5.67. The molecule has 0 aliphatic carbocycles. The lowest BCUT2D eigenvalue weighted by molar-refractivity contribution is -0.0157. The first-order chi connectivity index (χ1) is 10.2. The molecule has 3 aliphatic heterocycles. The molecule has 0 aromatic heterocycles. The lowest BCUT2D eigenvalue weighted by Gasteiger charge is -2.37. The van der Waals surface area contributed by atoms with E-state index in [1.165, 1.54) is 36.9 Å². The van der Waals surface area contributed by atoms with Gasteiger partial charge in [0.2, 0.25) is 0 Å². The van der Waals surface area contributed by atoms with Gasteiger partial charge in [0, 0.05) is 19.0 Å². The molecule has 2 fully saturated rings. The fraction of sp³-hybridized carbons (Fsp3) is 0.667. The molecular weight excluding hydrogens is 262 g/mol. The van der Waals surface area contributed by atoms with Crippen molar-refractivity contribution in [2.75, 3.05) is 19.7 Å². The highest BCUT2D eigenvalue weighted by atomic mass is 16.5. The Morgan fingerprint density at radius 3 is 3.19 bits per heavy atom. The Bertz CT molecular complexity index is 530. The van der Waals surface area contributed by atoms with Gasteiger partial charge in [-0.3, -0.25) is 4.90 Å². The van der Waals surface area contributed by atoms with Gasteiger partial charge in [-0.1, -0.05) is 18.6 Å². The molecule has 1 aromatic rings. The molecule has 0 radical (unpaired) electrons.